The van der Waals surface area contributed by atoms with Gasteiger partial charge in [-0.2, -0.15) is 0 Å². The highest BCUT2D eigenvalue weighted by molar-refractivity contribution is 7.80. The minimum absolute atomic E-state index is 0.204. The molecule has 0 saturated carbocycles. The molecule has 0 fully saturated rings. The molecule has 0 unspecified atom stereocenters. The van der Waals surface area contributed by atoms with Crippen molar-refractivity contribution < 1.29 is 4.79 Å². The van der Waals surface area contributed by atoms with Crippen molar-refractivity contribution >= 4 is 61.5 Å². The van der Waals surface area contributed by atoms with E-state index in [2.05, 4.69) is 34.7 Å². The molecule has 2 aromatic carbocycles. The van der Waals surface area contributed by atoms with Crippen LogP contribution in [-0.4, -0.2) is 16.0 Å². The van der Waals surface area contributed by atoms with Crippen molar-refractivity contribution in [3.8, 4) is 0 Å². The van der Waals surface area contributed by atoms with Crippen molar-refractivity contribution in [2.24, 2.45) is 0 Å². The van der Waals surface area contributed by atoms with Crippen LogP contribution >= 0.6 is 35.2 Å². The Morgan fingerprint density at radius 1 is 1.16 bits per heavy atom. The maximum absolute atomic E-state index is 12.3. The molecule has 7 heteroatoms. The van der Waals surface area contributed by atoms with E-state index in [1.54, 1.807) is 18.2 Å². The minimum Gasteiger partial charge on any atom is -0.308 e. The molecule has 1 amide bonds. The van der Waals surface area contributed by atoms with Crippen LogP contribution in [-0.2, 0) is 0 Å². The number of thiazole rings is 1. The first-order chi connectivity index (χ1) is 11.8. The lowest BCUT2D eigenvalue weighted by atomic mass is 10.1. The fourth-order valence-corrected chi connectivity index (χ4v) is 3.94. The standard InChI is InChI=1S/C18H16ClN3OS2/c1-9-6-11(3)15-14(7-9)25-18(20-15)22-17(24)21-16(23)12-5-4-10(2)13(19)8-12/h4-8H,1-3H3,(H2,20,21,22,23,24). The number of halogens is 1. The molecular formula is C18H16ClN3OS2. The van der Waals surface area contributed by atoms with Gasteiger partial charge in [0.25, 0.3) is 5.91 Å². The molecule has 3 rings (SSSR count). The number of amides is 1. The van der Waals surface area contributed by atoms with Crippen molar-refractivity contribution in [2.45, 2.75) is 20.8 Å². The summed E-state index contributed by atoms with van der Waals surface area (Å²) in [4.78, 5) is 16.8. The van der Waals surface area contributed by atoms with E-state index in [1.807, 2.05) is 13.8 Å². The highest BCUT2D eigenvalue weighted by atomic mass is 35.5. The summed E-state index contributed by atoms with van der Waals surface area (Å²) in [5.74, 6) is -0.312. The number of carbonyl (C=O) groups excluding carboxylic acids is 1. The molecule has 0 bridgehead atoms. The van der Waals surface area contributed by atoms with Gasteiger partial charge >= 0.3 is 0 Å². The molecule has 4 nitrogen and oxygen atoms in total. The summed E-state index contributed by atoms with van der Waals surface area (Å²) in [6.07, 6.45) is 0. The first-order valence-electron chi connectivity index (χ1n) is 7.60. The summed E-state index contributed by atoms with van der Waals surface area (Å²) in [6, 6.07) is 9.31. The second-order valence-electron chi connectivity index (χ2n) is 5.82. The monoisotopic (exact) mass is 389 g/mol. The molecule has 0 spiro atoms. The molecule has 1 aromatic heterocycles. The van der Waals surface area contributed by atoms with Crippen molar-refractivity contribution in [1.82, 2.24) is 10.3 Å². The predicted molar refractivity (Wildman–Crippen MR) is 109 cm³/mol. The Hall–Kier alpha value is -2.02. The van der Waals surface area contributed by atoms with Gasteiger partial charge < -0.3 is 5.32 Å². The van der Waals surface area contributed by atoms with Gasteiger partial charge in [-0.3, -0.25) is 10.1 Å². The summed E-state index contributed by atoms with van der Waals surface area (Å²) < 4.78 is 1.08. The zero-order valence-electron chi connectivity index (χ0n) is 13.9. The number of nitrogens with zero attached hydrogens (tertiary/aromatic N) is 1. The number of benzene rings is 2. The van der Waals surface area contributed by atoms with E-state index in [0.717, 1.165) is 21.3 Å². The Balaban J connectivity index is 1.73. The number of carbonyl (C=O) groups is 1. The molecule has 0 aliphatic heterocycles. The smallest absolute Gasteiger partial charge is 0.257 e. The molecule has 2 N–H and O–H groups in total. The van der Waals surface area contributed by atoms with Gasteiger partial charge in [0.15, 0.2) is 10.2 Å². The van der Waals surface area contributed by atoms with E-state index in [0.29, 0.717) is 15.7 Å². The average Bonchev–Trinajstić information content (AvgIpc) is 2.92. The van der Waals surface area contributed by atoms with Crippen LogP contribution in [0.2, 0.25) is 5.02 Å². The van der Waals surface area contributed by atoms with Gasteiger partial charge in [-0.15, -0.1) is 0 Å². The van der Waals surface area contributed by atoms with Crippen molar-refractivity contribution in [1.29, 1.82) is 0 Å². The van der Waals surface area contributed by atoms with Crippen LogP contribution in [0.5, 0.6) is 0 Å². The number of nitrogens with one attached hydrogen (secondary N) is 2. The van der Waals surface area contributed by atoms with E-state index in [4.69, 9.17) is 23.8 Å². The first-order valence-corrected chi connectivity index (χ1v) is 9.20. The van der Waals surface area contributed by atoms with Crippen LogP contribution < -0.4 is 10.6 Å². The second kappa shape index (κ2) is 7.07. The number of hydrogen-bond acceptors (Lipinski definition) is 4. The van der Waals surface area contributed by atoms with E-state index < -0.39 is 0 Å². The molecule has 1 heterocycles. The number of anilines is 1. The van der Waals surface area contributed by atoms with Gasteiger partial charge in [-0.25, -0.2) is 4.98 Å². The zero-order valence-corrected chi connectivity index (χ0v) is 16.3. The van der Waals surface area contributed by atoms with Crippen molar-refractivity contribution in [3.05, 3.63) is 57.6 Å². The Morgan fingerprint density at radius 3 is 2.64 bits per heavy atom. The molecule has 0 radical (unpaired) electrons. The van der Waals surface area contributed by atoms with Crippen molar-refractivity contribution in [3.63, 3.8) is 0 Å². The molecule has 0 aliphatic rings. The Labute approximate surface area is 160 Å². The van der Waals surface area contributed by atoms with Crippen LogP contribution in [0.4, 0.5) is 5.13 Å². The third-order valence-electron chi connectivity index (χ3n) is 3.71. The normalized spacial score (nSPS) is 10.7. The van der Waals surface area contributed by atoms with Crippen LogP contribution in [0.25, 0.3) is 10.2 Å². The highest BCUT2D eigenvalue weighted by Crippen LogP contribution is 2.29. The van der Waals surface area contributed by atoms with Crippen LogP contribution in [0, 0.1) is 20.8 Å². The van der Waals surface area contributed by atoms with Gasteiger partial charge in [-0.05, 0) is 67.9 Å². The topological polar surface area (TPSA) is 54.0 Å². The minimum atomic E-state index is -0.312. The molecule has 128 valence electrons. The molecular weight excluding hydrogens is 374 g/mol. The summed E-state index contributed by atoms with van der Waals surface area (Å²) in [5, 5.41) is 7.03. The average molecular weight is 390 g/mol. The lowest BCUT2D eigenvalue weighted by Gasteiger charge is -2.08. The lowest BCUT2D eigenvalue weighted by molar-refractivity contribution is 0.0977. The van der Waals surface area contributed by atoms with E-state index in [9.17, 15) is 4.79 Å². The second-order valence-corrected chi connectivity index (χ2v) is 7.67. The molecule has 3 aromatic rings. The largest absolute Gasteiger partial charge is 0.308 e. The molecule has 0 atom stereocenters. The maximum atomic E-state index is 12.3. The zero-order chi connectivity index (χ0) is 18.1. The number of thiocarbonyl (C=S) groups is 1. The number of aromatic nitrogens is 1. The van der Waals surface area contributed by atoms with Gasteiger partial charge in [0, 0.05) is 10.6 Å². The van der Waals surface area contributed by atoms with Crippen molar-refractivity contribution in [2.75, 3.05) is 5.32 Å². The first kappa shape index (κ1) is 17.8. The third kappa shape index (κ3) is 3.98. The van der Waals surface area contributed by atoms with Crippen LogP contribution in [0.3, 0.4) is 0 Å². The Bertz CT molecular complexity index is 997. The summed E-state index contributed by atoms with van der Waals surface area (Å²) >= 11 is 12.8. The highest BCUT2D eigenvalue weighted by Gasteiger charge is 2.12. The van der Waals surface area contributed by atoms with Crippen LogP contribution in [0.15, 0.2) is 30.3 Å². The lowest BCUT2D eigenvalue weighted by Crippen LogP contribution is -2.34. The van der Waals surface area contributed by atoms with Gasteiger partial charge in [0.05, 0.1) is 10.2 Å². The fraction of sp³-hybridized carbons (Fsp3) is 0.167. The summed E-state index contributed by atoms with van der Waals surface area (Å²) in [5.41, 5.74) is 4.61. The van der Waals surface area contributed by atoms with Gasteiger partial charge in [0.2, 0.25) is 0 Å². The number of hydrogen-bond donors (Lipinski definition) is 2. The summed E-state index contributed by atoms with van der Waals surface area (Å²) in [7, 11) is 0. The maximum Gasteiger partial charge on any atom is 0.257 e. The molecule has 0 aliphatic carbocycles. The number of aryl methyl sites for hydroxylation is 3. The van der Waals surface area contributed by atoms with E-state index >= 15 is 0 Å². The van der Waals surface area contributed by atoms with Gasteiger partial charge in [0.1, 0.15) is 0 Å². The molecule has 0 saturated heterocycles. The number of rotatable bonds is 2. The predicted octanol–water partition coefficient (Wildman–Crippen LogP) is 5.00. The summed E-state index contributed by atoms with van der Waals surface area (Å²) in [6.45, 7) is 5.96. The third-order valence-corrected chi connectivity index (χ3v) is 5.24. The van der Waals surface area contributed by atoms with Gasteiger partial charge in [-0.1, -0.05) is 35.1 Å². The van der Waals surface area contributed by atoms with E-state index in [1.165, 1.54) is 16.9 Å². The number of fused-ring (bicyclic) bond motifs is 1. The molecule has 25 heavy (non-hydrogen) atoms. The van der Waals surface area contributed by atoms with Crippen LogP contribution in [0.1, 0.15) is 27.0 Å². The quantitative estimate of drug-likeness (QED) is 0.605. The van der Waals surface area contributed by atoms with E-state index in [-0.39, 0.29) is 11.0 Å². The fourth-order valence-electron chi connectivity index (χ4n) is 2.46. The Kier molecular flexibility index (Phi) is 5.03. The Morgan fingerprint density at radius 2 is 1.92 bits per heavy atom. The SMILES string of the molecule is Cc1cc(C)c2nc(NC(=S)NC(=O)c3ccc(C)c(Cl)c3)sc2c1.